The maximum absolute atomic E-state index is 13.0. The Balaban J connectivity index is 1.90. The maximum atomic E-state index is 13.0. The molecule has 0 N–H and O–H groups in total. The number of nitrogens with zero attached hydrogens (tertiary/aromatic N) is 2. The van der Waals surface area contributed by atoms with Crippen LogP contribution in [0.3, 0.4) is 0 Å². The van der Waals surface area contributed by atoms with Crippen LogP contribution in [0.15, 0.2) is 48.5 Å². The first kappa shape index (κ1) is 19.1. The molecule has 7 heteroatoms. The summed E-state index contributed by atoms with van der Waals surface area (Å²) in [5.41, 5.74) is 1.50. The van der Waals surface area contributed by atoms with E-state index in [0.717, 1.165) is 0 Å². The SMILES string of the molecule is Cc1nn(C)c(OCC(=O)c2ccccc2)c1C(=O)c1cccc(Cl)c1Cl. The van der Waals surface area contributed by atoms with E-state index < -0.39 is 0 Å². The summed E-state index contributed by atoms with van der Waals surface area (Å²) in [4.78, 5) is 25.3. The van der Waals surface area contributed by atoms with Crippen molar-refractivity contribution < 1.29 is 14.3 Å². The Hall–Kier alpha value is -2.63. The van der Waals surface area contributed by atoms with Gasteiger partial charge in [-0.05, 0) is 19.1 Å². The molecule has 0 atom stereocenters. The minimum Gasteiger partial charge on any atom is -0.469 e. The molecule has 3 aromatic rings. The number of Topliss-reactive ketones (excluding diaryl/α,β-unsaturated/α-hetero) is 1. The van der Waals surface area contributed by atoms with Gasteiger partial charge in [-0.3, -0.25) is 9.59 Å². The molecule has 0 spiro atoms. The van der Waals surface area contributed by atoms with Crippen molar-refractivity contribution in [2.24, 2.45) is 7.05 Å². The van der Waals surface area contributed by atoms with Crippen LogP contribution in [0.1, 0.15) is 32.0 Å². The van der Waals surface area contributed by atoms with Crippen LogP contribution >= 0.6 is 23.2 Å². The molecule has 1 aromatic heterocycles. The highest BCUT2D eigenvalue weighted by Gasteiger charge is 2.25. The van der Waals surface area contributed by atoms with Gasteiger partial charge in [0.05, 0.1) is 15.7 Å². The maximum Gasteiger partial charge on any atom is 0.223 e. The number of ketones is 2. The fourth-order valence-electron chi connectivity index (χ4n) is 2.72. The predicted molar refractivity (Wildman–Crippen MR) is 104 cm³/mol. The number of carbonyl (C=O) groups is 2. The minimum atomic E-state index is -0.365. The predicted octanol–water partition coefficient (Wildman–Crippen LogP) is 4.53. The van der Waals surface area contributed by atoms with Gasteiger partial charge in [0.25, 0.3) is 0 Å². The molecular weight excluding hydrogens is 387 g/mol. The lowest BCUT2D eigenvalue weighted by Gasteiger charge is -2.09. The Morgan fingerprint density at radius 2 is 1.78 bits per heavy atom. The largest absolute Gasteiger partial charge is 0.469 e. The lowest BCUT2D eigenvalue weighted by atomic mass is 10.0. The molecule has 0 fully saturated rings. The van der Waals surface area contributed by atoms with E-state index >= 15 is 0 Å². The normalized spacial score (nSPS) is 10.7. The van der Waals surface area contributed by atoms with Crippen molar-refractivity contribution >= 4 is 34.8 Å². The number of aryl methyl sites for hydroxylation is 2. The number of aromatic nitrogens is 2. The van der Waals surface area contributed by atoms with E-state index in [9.17, 15) is 9.59 Å². The average Bonchev–Trinajstić information content (AvgIpc) is 2.95. The molecule has 0 amide bonds. The van der Waals surface area contributed by atoms with Gasteiger partial charge in [0.15, 0.2) is 12.4 Å². The highest BCUT2D eigenvalue weighted by molar-refractivity contribution is 6.44. The third kappa shape index (κ3) is 3.89. The monoisotopic (exact) mass is 402 g/mol. The van der Waals surface area contributed by atoms with Crippen LogP contribution in [0, 0.1) is 6.92 Å². The molecule has 3 rings (SSSR count). The topological polar surface area (TPSA) is 61.2 Å². The number of rotatable bonds is 6. The highest BCUT2D eigenvalue weighted by Crippen LogP contribution is 2.31. The molecule has 27 heavy (non-hydrogen) atoms. The molecule has 0 aliphatic carbocycles. The molecule has 0 unspecified atom stereocenters. The van der Waals surface area contributed by atoms with Crippen LogP contribution in [-0.2, 0) is 7.05 Å². The number of hydrogen-bond acceptors (Lipinski definition) is 4. The number of ether oxygens (including phenoxy) is 1. The first-order chi connectivity index (χ1) is 12.9. The second-order valence-corrected chi connectivity index (χ2v) is 6.68. The highest BCUT2D eigenvalue weighted by atomic mass is 35.5. The molecule has 1 heterocycles. The molecule has 5 nitrogen and oxygen atoms in total. The van der Waals surface area contributed by atoms with Crippen molar-refractivity contribution in [3.05, 3.63) is 81.0 Å². The number of benzene rings is 2. The van der Waals surface area contributed by atoms with Crippen molar-refractivity contribution in [2.45, 2.75) is 6.92 Å². The van der Waals surface area contributed by atoms with E-state index in [4.69, 9.17) is 27.9 Å². The summed E-state index contributed by atoms with van der Waals surface area (Å²) in [7, 11) is 1.64. The molecule has 0 radical (unpaired) electrons. The zero-order valence-corrected chi connectivity index (χ0v) is 16.2. The third-order valence-electron chi connectivity index (χ3n) is 4.03. The van der Waals surface area contributed by atoms with Gasteiger partial charge in [-0.25, -0.2) is 4.68 Å². The molecule has 138 valence electrons. The van der Waals surface area contributed by atoms with Crippen LogP contribution < -0.4 is 4.74 Å². The van der Waals surface area contributed by atoms with Gasteiger partial charge < -0.3 is 4.74 Å². The smallest absolute Gasteiger partial charge is 0.223 e. The van der Waals surface area contributed by atoms with Gasteiger partial charge in [0.2, 0.25) is 11.7 Å². The van der Waals surface area contributed by atoms with E-state index in [1.165, 1.54) is 4.68 Å². The Labute approximate surface area is 166 Å². The molecule has 0 bridgehead atoms. The van der Waals surface area contributed by atoms with Gasteiger partial charge in [0, 0.05) is 18.2 Å². The Bertz CT molecular complexity index is 1010. The number of halogens is 2. The Morgan fingerprint density at radius 3 is 2.48 bits per heavy atom. The zero-order valence-electron chi connectivity index (χ0n) is 14.7. The summed E-state index contributed by atoms with van der Waals surface area (Å²) < 4.78 is 7.10. The first-order valence-electron chi connectivity index (χ1n) is 8.13. The third-order valence-corrected chi connectivity index (χ3v) is 4.85. The van der Waals surface area contributed by atoms with Crippen LogP contribution in [0.2, 0.25) is 10.0 Å². The summed E-state index contributed by atoms with van der Waals surface area (Å²) in [6.07, 6.45) is 0. The summed E-state index contributed by atoms with van der Waals surface area (Å²) in [6, 6.07) is 13.6. The molecule has 0 saturated carbocycles. The number of carbonyl (C=O) groups excluding carboxylic acids is 2. The standard InChI is InChI=1S/C20H16Cl2N2O3/c1-12-17(19(26)14-9-6-10-15(21)18(14)22)20(24(2)23-12)27-11-16(25)13-7-4-3-5-8-13/h3-10H,11H2,1-2H3. The first-order valence-corrected chi connectivity index (χ1v) is 8.89. The van der Waals surface area contributed by atoms with Crippen LogP contribution in [0.25, 0.3) is 0 Å². The minimum absolute atomic E-state index is 0.165. The van der Waals surface area contributed by atoms with Gasteiger partial charge in [0.1, 0.15) is 5.56 Å². The lowest BCUT2D eigenvalue weighted by molar-refractivity contribution is 0.0908. The van der Waals surface area contributed by atoms with Gasteiger partial charge >= 0.3 is 0 Å². The van der Waals surface area contributed by atoms with Crippen LogP contribution in [-0.4, -0.2) is 28.0 Å². The van der Waals surface area contributed by atoms with Crippen LogP contribution in [0.5, 0.6) is 5.88 Å². The van der Waals surface area contributed by atoms with Crippen molar-refractivity contribution in [2.75, 3.05) is 6.61 Å². The molecule has 0 saturated heterocycles. The summed E-state index contributed by atoms with van der Waals surface area (Å²) in [6.45, 7) is 1.48. The van der Waals surface area contributed by atoms with Crippen molar-refractivity contribution in [3.8, 4) is 5.88 Å². The molecule has 2 aromatic carbocycles. The molecule has 0 aliphatic heterocycles. The van der Waals surface area contributed by atoms with Crippen molar-refractivity contribution in [1.82, 2.24) is 9.78 Å². The summed E-state index contributed by atoms with van der Waals surface area (Å²) in [5, 5.41) is 4.69. The number of hydrogen-bond donors (Lipinski definition) is 0. The van der Waals surface area contributed by atoms with E-state index in [1.807, 2.05) is 6.07 Å². The van der Waals surface area contributed by atoms with E-state index in [1.54, 1.807) is 56.4 Å². The van der Waals surface area contributed by atoms with Gasteiger partial charge in [-0.1, -0.05) is 59.6 Å². The Morgan fingerprint density at radius 1 is 1.07 bits per heavy atom. The van der Waals surface area contributed by atoms with Gasteiger partial charge in [-0.15, -0.1) is 0 Å². The Kier molecular flexibility index (Phi) is 5.63. The van der Waals surface area contributed by atoms with E-state index in [2.05, 4.69) is 5.10 Å². The molecular formula is C20H16Cl2N2O3. The summed E-state index contributed by atoms with van der Waals surface area (Å²) >= 11 is 12.2. The summed E-state index contributed by atoms with van der Waals surface area (Å²) in [5.74, 6) is -0.360. The average molecular weight is 403 g/mol. The quantitative estimate of drug-likeness (QED) is 0.568. The lowest BCUT2D eigenvalue weighted by Crippen LogP contribution is -2.15. The zero-order chi connectivity index (χ0) is 19.6. The van der Waals surface area contributed by atoms with Crippen molar-refractivity contribution in [1.29, 1.82) is 0 Å². The second-order valence-electron chi connectivity index (χ2n) is 5.90. The molecule has 0 aliphatic rings. The van der Waals surface area contributed by atoms with E-state index in [0.29, 0.717) is 11.3 Å². The van der Waals surface area contributed by atoms with Crippen molar-refractivity contribution in [3.63, 3.8) is 0 Å². The fourth-order valence-corrected chi connectivity index (χ4v) is 3.11. The van der Waals surface area contributed by atoms with E-state index in [-0.39, 0.29) is 45.2 Å². The fraction of sp³-hybridized carbons (Fsp3) is 0.150. The second kappa shape index (κ2) is 7.94. The van der Waals surface area contributed by atoms with Gasteiger partial charge in [-0.2, -0.15) is 5.10 Å². The van der Waals surface area contributed by atoms with Crippen LogP contribution in [0.4, 0.5) is 0 Å².